The van der Waals surface area contributed by atoms with Crippen LogP contribution in [0.15, 0.2) is 0 Å². The van der Waals surface area contributed by atoms with Gasteiger partial charge in [0.05, 0.1) is 52.9 Å². The number of rotatable bonds is 54. The summed E-state index contributed by atoms with van der Waals surface area (Å²) in [6, 6.07) is 0. The van der Waals surface area contributed by atoms with Gasteiger partial charge in [-0.2, -0.15) is 0 Å². The average molecular weight is 1370 g/mol. The van der Waals surface area contributed by atoms with Gasteiger partial charge in [-0.1, -0.05) is 77.0 Å². The number of ether oxygens (including phenoxy) is 4. The quantitative estimate of drug-likeness (QED) is 0.0206. The maximum atomic E-state index is 14.9. The zero-order valence-corrected chi connectivity index (χ0v) is 54.2. The summed E-state index contributed by atoms with van der Waals surface area (Å²) in [6.45, 7) is -2.09. The van der Waals surface area contributed by atoms with Gasteiger partial charge in [-0.05, 0) is 51.4 Å². The van der Waals surface area contributed by atoms with Gasteiger partial charge < -0.3 is 74.0 Å². The van der Waals surface area contributed by atoms with Crippen molar-refractivity contribution in [3.63, 3.8) is 0 Å². The smallest absolute Gasteiger partial charge is 0.475 e. The molecule has 0 aromatic heterocycles. The zero-order valence-electron chi connectivity index (χ0n) is 50.6. The highest BCUT2D eigenvalue weighted by molar-refractivity contribution is 7.53. The Kier molecular flexibility index (Phi) is 37.9. The highest BCUT2D eigenvalue weighted by Crippen LogP contribution is 2.57. The second kappa shape index (κ2) is 42.4. The SMILES string of the molecule is CP(=O)(OCCCCCCCC(=O)O)O[C@@H]1C[C@H](O)O[C@@H]1COP(=O)(OCCCCCCCC(=O)O)O[C@@H]1C[C@H](O)O[C@@H]1COP(=O)(OCCCCCCCC(=O)O)O[C@@H]1C[C@H](O)O[C@@H]1COP(=O)(OCCCCCCCC(=O)O)O[C@@H]1C[C@H](O)O[C@@H]1CO. The van der Waals surface area contributed by atoms with Crippen LogP contribution in [-0.4, -0.2) is 203 Å². The summed E-state index contributed by atoms with van der Waals surface area (Å²) < 4.78 is 143. The van der Waals surface area contributed by atoms with Crippen LogP contribution in [-0.2, 0) is 106 Å². The summed E-state index contributed by atoms with van der Waals surface area (Å²) >= 11 is 0. The van der Waals surface area contributed by atoms with Crippen LogP contribution in [0.2, 0.25) is 0 Å². The number of aliphatic carboxylic acids is 4. The van der Waals surface area contributed by atoms with Crippen molar-refractivity contribution in [1.82, 2.24) is 0 Å². The van der Waals surface area contributed by atoms with E-state index in [1.165, 1.54) is 6.66 Å². The predicted octanol–water partition coefficient (Wildman–Crippen LogP) is 7.91. The third-order valence-electron chi connectivity index (χ3n) is 14.4. The van der Waals surface area contributed by atoms with E-state index in [0.29, 0.717) is 116 Å². The predicted molar refractivity (Wildman–Crippen MR) is 308 cm³/mol. The Morgan fingerprint density at radius 2 is 0.584 bits per heavy atom. The van der Waals surface area contributed by atoms with Gasteiger partial charge in [0.15, 0.2) is 25.2 Å². The fourth-order valence-corrected chi connectivity index (χ4v) is 15.3. The van der Waals surface area contributed by atoms with E-state index in [1.54, 1.807) is 0 Å². The number of phosphoric ester groups is 3. The van der Waals surface area contributed by atoms with E-state index in [9.17, 15) is 63.0 Å². The van der Waals surface area contributed by atoms with Crippen molar-refractivity contribution in [2.24, 2.45) is 0 Å². The molecule has 4 aliphatic rings. The Balaban J connectivity index is 1.49. The number of phosphoric acid groups is 3. The lowest BCUT2D eigenvalue weighted by molar-refractivity contribution is -0.138. The molecule has 0 saturated carbocycles. The van der Waals surface area contributed by atoms with E-state index in [-0.39, 0.29) is 84.2 Å². The standard InChI is InChI=1S/C53H96O32P4/c1-86(67,71-26-18-10-2-6-14-22-46(55)56)82-39-31-51(64)79-43(39)35-75-88(69,73-28-20-12-4-8-16-24-48(59)60)84-41-33-53(66)81-45(41)37-77-89(70,74-29-21-13-5-9-17-25-49(61)62)85-40-32-52(65)80-44(40)36-76-87(68,83-38-30-50(63)78-42(38)34-54)72-27-19-11-3-7-15-23-47(57)58/h38-45,50-54,63-66H,2-37H2,1H3,(H,55,56)(H,57,58)(H,59,60)(H,61,62)/t38-,39-,40-,41-,42-,43-,44-,45-,50-,51-,52-,53-,86?,87?,88?,89?/m1/s1. The molecule has 4 fully saturated rings. The minimum Gasteiger partial charge on any atom is -0.481 e. The van der Waals surface area contributed by atoms with Crippen LogP contribution in [0.25, 0.3) is 0 Å². The summed E-state index contributed by atoms with van der Waals surface area (Å²) in [6.07, 6.45) is -6.76. The van der Waals surface area contributed by atoms with Crippen molar-refractivity contribution in [2.75, 3.05) is 59.5 Å². The van der Waals surface area contributed by atoms with Crippen molar-refractivity contribution < 1.29 is 152 Å². The topological polar surface area (TPSA) is 457 Å². The first kappa shape index (κ1) is 79.4. The van der Waals surface area contributed by atoms with Crippen molar-refractivity contribution in [2.45, 2.75) is 254 Å². The molecule has 4 saturated heterocycles. The maximum absolute atomic E-state index is 14.9. The van der Waals surface area contributed by atoms with Crippen LogP contribution in [0.4, 0.5) is 0 Å². The molecule has 32 nitrogen and oxygen atoms in total. The lowest BCUT2D eigenvalue weighted by Crippen LogP contribution is -2.32. The van der Waals surface area contributed by atoms with Crippen molar-refractivity contribution in [3.05, 3.63) is 0 Å². The van der Waals surface area contributed by atoms with E-state index in [2.05, 4.69) is 0 Å². The van der Waals surface area contributed by atoms with Gasteiger partial charge in [0.1, 0.15) is 48.8 Å². The fourth-order valence-electron chi connectivity index (χ4n) is 9.78. The Bertz CT molecular complexity index is 2250. The van der Waals surface area contributed by atoms with Crippen LogP contribution in [0, 0.1) is 0 Å². The first-order chi connectivity index (χ1) is 42.3. The molecule has 16 atom stereocenters. The van der Waals surface area contributed by atoms with Gasteiger partial charge in [-0.3, -0.25) is 64.5 Å². The second-order valence-corrected chi connectivity index (χ2v) is 29.1. The van der Waals surface area contributed by atoms with Gasteiger partial charge in [-0.15, -0.1) is 0 Å². The van der Waals surface area contributed by atoms with Gasteiger partial charge in [-0.25, -0.2) is 13.7 Å². The van der Waals surface area contributed by atoms with Crippen LogP contribution >= 0.6 is 31.1 Å². The Morgan fingerprint density at radius 1 is 0.348 bits per heavy atom. The molecule has 520 valence electrons. The molecule has 0 radical (unpaired) electrons. The van der Waals surface area contributed by atoms with Crippen molar-refractivity contribution >= 4 is 54.9 Å². The van der Waals surface area contributed by atoms with Crippen LogP contribution in [0.1, 0.15) is 180 Å². The fraction of sp³-hybridized carbons (Fsp3) is 0.925. The molecular formula is C53H96O32P4. The lowest BCUT2D eigenvalue weighted by Gasteiger charge is -2.28. The van der Waals surface area contributed by atoms with Crippen molar-refractivity contribution in [1.29, 1.82) is 0 Å². The molecule has 0 bridgehead atoms. The monoisotopic (exact) mass is 1370 g/mol. The minimum atomic E-state index is -4.87. The average Bonchev–Trinajstić information content (AvgIpc) is 2.01. The number of carbonyl (C=O) groups is 4. The summed E-state index contributed by atoms with van der Waals surface area (Å²) in [5.74, 6) is -3.67. The number of carboxylic acids is 4. The maximum Gasteiger partial charge on any atom is 0.475 e. The summed E-state index contributed by atoms with van der Waals surface area (Å²) in [5.41, 5.74) is 0. The van der Waals surface area contributed by atoms with Gasteiger partial charge >= 0.3 is 54.9 Å². The summed E-state index contributed by atoms with van der Waals surface area (Å²) in [5, 5.41) is 88.0. The molecule has 0 aliphatic carbocycles. The van der Waals surface area contributed by atoms with E-state index in [1.807, 2.05) is 0 Å². The summed E-state index contributed by atoms with van der Waals surface area (Å²) in [4.78, 5) is 43.7. The van der Waals surface area contributed by atoms with Gasteiger partial charge in [0.25, 0.3) is 0 Å². The minimum absolute atomic E-state index is 0.00975. The number of aliphatic hydroxyl groups is 5. The highest BCUT2D eigenvalue weighted by atomic mass is 31.2. The summed E-state index contributed by atoms with van der Waals surface area (Å²) in [7, 11) is -18.1. The molecule has 4 rings (SSSR count). The molecule has 4 unspecified atom stereocenters. The number of unbranched alkanes of at least 4 members (excludes halogenated alkanes) is 16. The van der Waals surface area contributed by atoms with E-state index in [4.69, 9.17) is 89.1 Å². The normalized spacial score (nSPS) is 28.1. The molecule has 0 amide bonds. The Labute approximate surface area is 518 Å². The van der Waals surface area contributed by atoms with Gasteiger partial charge in [0, 0.05) is 58.0 Å². The molecule has 36 heteroatoms. The third-order valence-corrected chi connectivity index (χ3v) is 20.2. The number of aliphatic hydroxyl groups excluding tert-OH is 5. The Morgan fingerprint density at radius 3 is 0.865 bits per heavy atom. The highest BCUT2D eigenvalue weighted by Gasteiger charge is 2.49. The van der Waals surface area contributed by atoms with Crippen molar-refractivity contribution in [3.8, 4) is 0 Å². The van der Waals surface area contributed by atoms with E-state index < -0.39 is 155 Å². The Hall–Kier alpha value is -2.00. The first-order valence-electron chi connectivity index (χ1n) is 30.7. The molecule has 0 spiro atoms. The molecule has 89 heavy (non-hydrogen) atoms. The largest absolute Gasteiger partial charge is 0.481 e. The molecule has 0 aromatic rings. The van der Waals surface area contributed by atoms with E-state index in [0.717, 1.165) is 6.42 Å². The molecule has 0 aromatic carbocycles. The molecule has 4 heterocycles. The van der Waals surface area contributed by atoms with Gasteiger partial charge in [0.2, 0.25) is 0 Å². The molecular weight excluding hydrogens is 1270 g/mol. The lowest BCUT2D eigenvalue weighted by atomic mass is 10.1. The first-order valence-corrected chi connectivity index (χ1v) is 37.1. The van der Waals surface area contributed by atoms with Crippen LogP contribution in [0.5, 0.6) is 0 Å². The second-order valence-electron chi connectivity index (χ2n) is 22.2. The molecule has 4 aliphatic heterocycles. The third kappa shape index (κ3) is 33.8. The number of hydrogen-bond donors (Lipinski definition) is 9. The number of hydrogen-bond acceptors (Lipinski definition) is 28. The number of carboxylic acid groups (broad SMARTS) is 4. The zero-order chi connectivity index (χ0) is 65.3. The van der Waals surface area contributed by atoms with Crippen LogP contribution in [0.3, 0.4) is 0 Å². The van der Waals surface area contributed by atoms with E-state index >= 15 is 0 Å². The molecule has 9 N–H and O–H groups in total. The van der Waals surface area contributed by atoms with Crippen LogP contribution < -0.4 is 0 Å².